The molecular weight excluding hydrogens is 417 g/mol. The molecule has 1 aliphatic rings. The highest BCUT2D eigenvalue weighted by Gasteiger charge is 2.24. The molecule has 2 N–H and O–H groups in total. The first-order chi connectivity index (χ1) is 13.9. The smallest absolute Gasteiger partial charge is 0.416 e. The maximum absolute atomic E-state index is 12.3. The number of carbonyl (C=O) groups excluding carboxylic acids is 1. The number of piperidine rings is 1. The van der Waals surface area contributed by atoms with Crippen LogP contribution in [-0.2, 0) is 11.3 Å². The van der Waals surface area contributed by atoms with Crippen molar-refractivity contribution in [2.75, 3.05) is 19.6 Å². The van der Waals surface area contributed by atoms with Crippen molar-refractivity contribution in [2.45, 2.75) is 38.8 Å². The molecule has 1 aromatic carbocycles. The molecule has 0 radical (unpaired) electrons. The molecule has 1 unspecified atom stereocenters. The van der Waals surface area contributed by atoms with Gasteiger partial charge in [-0.15, -0.1) is 0 Å². The van der Waals surface area contributed by atoms with Gasteiger partial charge < -0.3 is 19.4 Å². The third-order valence-electron chi connectivity index (χ3n) is 5.13. The molecule has 7 nitrogen and oxygen atoms in total. The van der Waals surface area contributed by atoms with Gasteiger partial charge in [-0.1, -0.05) is 23.2 Å². The number of halogens is 2. The van der Waals surface area contributed by atoms with E-state index >= 15 is 0 Å². The highest BCUT2D eigenvalue weighted by atomic mass is 35.5. The average Bonchev–Trinajstić information content (AvgIpc) is 3.12. The van der Waals surface area contributed by atoms with Crippen LogP contribution in [0.5, 0.6) is 0 Å². The number of H-pyrrole nitrogens is 1. The van der Waals surface area contributed by atoms with Crippen LogP contribution in [0.3, 0.4) is 0 Å². The molecule has 1 aromatic heterocycles. The minimum atomic E-state index is -0.439. The molecular formula is C20H25Cl2N3O4. The Morgan fingerprint density at radius 1 is 1.31 bits per heavy atom. The van der Waals surface area contributed by atoms with E-state index < -0.39 is 5.76 Å². The number of nitrogens with one attached hydrogen (secondary N) is 2. The Kier molecular flexibility index (Phi) is 7.64. The average molecular weight is 442 g/mol. The van der Waals surface area contributed by atoms with Crippen molar-refractivity contribution in [3.8, 4) is 0 Å². The number of ether oxygens (including phenoxy) is 1. The quantitative estimate of drug-likeness (QED) is 0.665. The Labute approximate surface area is 179 Å². The Balaban J connectivity index is 1.35. The lowest BCUT2D eigenvalue weighted by Crippen LogP contribution is -2.39. The summed E-state index contributed by atoms with van der Waals surface area (Å²) in [7, 11) is 0. The number of likely N-dealkylation sites (tertiary alicyclic amines) is 1. The maximum atomic E-state index is 12.3. The van der Waals surface area contributed by atoms with E-state index in [2.05, 4.69) is 10.3 Å². The summed E-state index contributed by atoms with van der Waals surface area (Å²) in [5.74, 6) is 0.712. The van der Waals surface area contributed by atoms with Crippen LogP contribution in [-0.4, -0.2) is 35.6 Å². The topological polar surface area (TPSA) is 87.6 Å². The number of rotatable bonds is 7. The van der Waals surface area contributed by atoms with E-state index in [1.807, 2.05) is 6.92 Å². The summed E-state index contributed by atoms with van der Waals surface area (Å²) in [5, 5.41) is 4.40. The van der Waals surface area contributed by atoms with E-state index in [-0.39, 0.29) is 18.7 Å². The van der Waals surface area contributed by atoms with Gasteiger partial charge in [-0.3, -0.25) is 4.98 Å². The second-order valence-corrected chi connectivity index (χ2v) is 8.18. The molecule has 1 aliphatic heterocycles. The standard InChI is InChI=1S/C20H25Cl2N3O4/c1-13(18-11-24-19(26)29-18)23-5-2-14-3-6-25(7-4-14)20(27)28-12-15-8-16(21)10-17(22)9-15/h8-11,13-14,23H,2-7,12H2,1H3,(H,24,26). The number of nitrogens with zero attached hydrogens (tertiary/aromatic N) is 1. The fraction of sp³-hybridized carbons (Fsp3) is 0.500. The normalized spacial score (nSPS) is 16.0. The monoisotopic (exact) mass is 441 g/mol. The molecule has 158 valence electrons. The molecule has 0 spiro atoms. The Hall–Kier alpha value is -1.96. The maximum Gasteiger partial charge on any atom is 0.416 e. The summed E-state index contributed by atoms with van der Waals surface area (Å²) in [6.45, 7) is 4.29. The van der Waals surface area contributed by atoms with Crippen molar-refractivity contribution < 1.29 is 13.9 Å². The zero-order chi connectivity index (χ0) is 20.8. The van der Waals surface area contributed by atoms with Crippen LogP contribution >= 0.6 is 23.2 Å². The van der Waals surface area contributed by atoms with Crippen LogP contribution in [0, 0.1) is 5.92 Å². The van der Waals surface area contributed by atoms with Gasteiger partial charge in [-0.25, -0.2) is 9.59 Å². The van der Waals surface area contributed by atoms with Gasteiger partial charge in [0.1, 0.15) is 12.4 Å². The van der Waals surface area contributed by atoms with Crippen molar-refractivity contribution in [2.24, 2.45) is 5.92 Å². The molecule has 0 aliphatic carbocycles. The molecule has 1 atom stereocenters. The van der Waals surface area contributed by atoms with Crippen molar-refractivity contribution in [1.82, 2.24) is 15.2 Å². The predicted octanol–water partition coefficient (Wildman–Crippen LogP) is 4.36. The fourth-order valence-electron chi connectivity index (χ4n) is 3.45. The minimum Gasteiger partial charge on any atom is -0.445 e. The van der Waals surface area contributed by atoms with E-state index in [9.17, 15) is 9.59 Å². The summed E-state index contributed by atoms with van der Waals surface area (Å²) in [6, 6.07) is 5.09. The number of carbonyl (C=O) groups is 1. The van der Waals surface area contributed by atoms with E-state index in [1.165, 1.54) is 0 Å². The lowest BCUT2D eigenvalue weighted by Gasteiger charge is -2.31. The summed E-state index contributed by atoms with van der Waals surface area (Å²) >= 11 is 11.9. The van der Waals surface area contributed by atoms with Gasteiger partial charge in [0.2, 0.25) is 0 Å². The third kappa shape index (κ3) is 6.52. The molecule has 0 saturated carbocycles. The Morgan fingerprint density at radius 3 is 2.62 bits per heavy atom. The highest BCUT2D eigenvalue weighted by Crippen LogP contribution is 2.23. The van der Waals surface area contributed by atoms with E-state index in [4.69, 9.17) is 32.4 Å². The number of amides is 1. The molecule has 1 amide bonds. The summed E-state index contributed by atoms with van der Waals surface area (Å²) in [4.78, 5) is 27.6. The number of aromatic nitrogens is 1. The van der Waals surface area contributed by atoms with Crippen molar-refractivity contribution in [3.05, 3.63) is 56.3 Å². The van der Waals surface area contributed by atoms with Gasteiger partial charge in [-0.2, -0.15) is 0 Å². The van der Waals surface area contributed by atoms with Gasteiger partial charge in [0.15, 0.2) is 0 Å². The lowest BCUT2D eigenvalue weighted by molar-refractivity contribution is 0.0815. The van der Waals surface area contributed by atoms with Gasteiger partial charge in [0.25, 0.3) is 0 Å². The molecule has 0 bridgehead atoms. The number of aromatic amines is 1. The van der Waals surface area contributed by atoms with Crippen molar-refractivity contribution >= 4 is 29.3 Å². The van der Waals surface area contributed by atoms with Gasteiger partial charge in [0, 0.05) is 29.3 Å². The first-order valence-corrected chi connectivity index (χ1v) is 10.4. The zero-order valence-corrected chi connectivity index (χ0v) is 17.8. The zero-order valence-electron chi connectivity index (χ0n) is 16.2. The molecule has 2 aromatic rings. The van der Waals surface area contributed by atoms with E-state index in [0.29, 0.717) is 34.8 Å². The summed E-state index contributed by atoms with van der Waals surface area (Å²) in [5.41, 5.74) is 0.768. The van der Waals surface area contributed by atoms with Gasteiger partial charge in [-0.05, 0) is 62.4 Å². The highest BCUT2D eigenvalue weighted by molar-refractivity contribution is 6.34. The molecule has 1 saturated heterocycles. The number of benzene rings is 1. The molecule has 3 rings (SSSR count). The van der Waals surface area contributed by atoms with E-state index in [0.717, 1.165) is 31.4 Å². The first-order valence-electron chi connectivity index (χ1n) is 9.69. The molecule has 9 heteroatoms. The number of hydrogen-bond donors (Lipinski definition) is 2. The van der Waals surface area contributed by atoms with Gasteiger partial charge >= 0.3 is 11.8 Å². The van der Waals surface area contributed by atoms with Crippen LogP contribution in [0.15, 0.2) is 33.6 Å². The van der Waals surface area contributed by atoms with Crippen LogP contribution in [0.1, 0.15) is 43.6 Å². The van der Waals surface area contributed by atoms with Crippen LogP contribution in [0.25, 0.3) is 0 Å². The third-order valence-corrected chi connectivity index (χ3v) is 5.57. The Morgan fingerprint density at radius 2 is 2.00 bits per heavy atom. The fourth-order valence-corrected chi connectivity index (χ4v) is 4.02. The van der Waals surface area contributed by atoms with Crippen LogP contribution < -0.4 is 11.1 Å². The lowest BCUT2D eigenvalue weighted by atomic mass is 9.93. The van der Waals surface area contributed by atoms with Crippen LogP contribution in [0.4, 0.5) is 4.79 Å². The number of hydrogen-bond acceptors (Lipinski definition) is 5. The van der Waals surface area contributed by atoms with Gasteiger partial charge in [0.05, 0.1) is 6.04 Å². The first kappa shape index (κ1) is 21.7. The van der Waals surface area contributed by atoms with E-state index in [1.54, 1.807) is 29.3 Å². The predicted molar refractivity (Wildman–Crippen MR) is 111 cm³/mol. The van der Waals surface area contributed by atoms with Crippen molar-refractivity contribution in [1.29, 1.82) is 0 Å². The largest absolute Gasteiger partial charge is 0.445 e. The SMILES string of the molecule is CC(NCCC1CCN(C(=O)OCc2cc(Cl)cc(Cl)c2)CC1)c1c[nH]c(=O)o1. The summed E-state index contributed by atoms with van der Waals surface area (Å²) in [6.07, 6.45) is 4.15. The Bertz CT molecular complexity index is 854. The molecule has 2 heterocycles. The molecule has 29 heavy (non-hydrogen) atoms. The summed E-state index contributed by atoms with van der Waals surface area (Å²) < 4.78 is 10.4. The second kappa shape index (κ2) is 10.2. The minimum absolute atomic E-state index is 0.0241. The van der Waals surface area contributed by atoms with Crippen molar-refractivity contribution in [3.63, 3.8) is 0 Å². The number of oxazole rings is 1. The molecule has 1 fully saturated rings. The van der Waals surface area contributed by atoms with Crippen LogP contribution in [0.2, 0.25) is 10.0 Å². The second-order valence-electron chi connectivity index (χ2n) is 7.31.